The van der Waals surface area contributed by atoms with Gasteiger partial charge in [-0.25, -0.2) is 17.5 Å². The number of nitrogens with zero attached hydrogens (tertiary/aromatic N) is 1. The van der Waals surface area contributed by atoms with Gasteiger partial charge >= 0.3 is 0 Å². The lowest BCUT2D eigenvalue weighted by atomic mass is 10.0. The summed E-state index contributed by atoms with van der Waals surface area (Å²) in [7, 11) is -3.79. The molecule has 0 amide bonds. The first kappa shape index (κ1) is 17.4. The number of halogens is 1. The first-order valence-electron chi connectivity index (χ1n) is 8.03. The van der Waals surface area contributed by atoms with Crippen molar-refractivity contribution >= 4 is 10.0 Å². The molecule has 2 rings (SSSR count). The van der Waals surface area contributed by atoms with E-state index < -0.39 is 15.8 Å². The molecule has 1 heterocycles. The molecule has 1 atom stereocenters. The number of sulfonamides is 1. The molecular formula is C16H25FN2O2S. The van der Waals surface area contributed by atoms with E-state index in [0.29, 0.717) is 6.54 Å². The summed E-state index contributed by atoms with van der Waals surface area (Å²) < 4.78 is 40.7. The highest BCUT2D eigenvalue weighted by molar-refractivity contribution is 7.89. The molecule has 6 heteroatoms. The SMILES string of the molecule is CCCCN1CCCC[C@H]1CNS(=O)(=O)c1ccccc1F. The second-order valence-electron chi connectivity index (χ2n) is 5.82. The predicted molar refractivity (Wildman–Crippen MR) is 85.7 cm³/mol. The maximum absolute atomic E-state index is 13.7. The van der Waals surface area contributed by atoms with Crippen molar-refractivity contribution in [2.45, 2.75) is 50.0 Å². The monoisotopic (exact) mass is 328 g/mol. The van der Waals surface area contributed by atoms with Crippen LogP contribution in [0.3, 0.4) is 0 Å². The number of unbranched alkanes of at least 4 members (excludes halogenated alkanes) is 1. The van der Waals surface area contributed by atoms with Gasteiger partial charge in [-0.2, -0.15) is 0 Å². The van der Waals surface area contributed by atoms with E-state index in [1.807, 2.05) is 0 Å². The third kappa shape index (κ3) is 4.51. The van der Waals surface area contributed by atoms with Crippen LogP contribution in [0.4, 0.5) is 4.39 Å². The van der Waals surface area contributed by atoms with Gasteiger partial charge in [0.05, 0.1) is 0 Å². The molecule has 22 heavy (non-hydrogen) atoms. The number of piperidine rings is 1. The van der Waals surface area contributed by atoms with E-state index in [1.165, 1.54) is 30.7 Å². The molecule has 1 aliphatic rings. The Morgan fingerprint density at radius 2 is 2.09 bits per heavy atom. The smallest absolute Gasteiger partial charge is 0.243 e. The maximum Gasteiger partial charge on any atom is 0.243 e. The van der Waals surface area contributed by atoms with E-state index in [1.54, 1.807) is 0 Å². The van der Waals surface area contributed by atoms with Crippen LogP contribution >= 0.6 is 0 Å². The molecule has 0 aliphatic carbocycles. The lowest BCUT2D eigenvalue weighted by molar-refractivity contribution is 0.148. The van der Waals surface area contributed by atoms with Crippen molar-refractivity contribution in [2.75, 3.05) is 19.6 Å². The van der Waals surface area contributed by atoms with Crippen molar-refractivity contribution in [1.82, 2.24) is 9.62 Å². The second-order valence-corrected chi connectivity index (χ2v) is 7.56. The van der Waals surface area contributed by atoms with Gasteiger partial charge in [-0.15, -0.1) is 0 Å². The van der Waals surface area contributed by atoms with Gasteiger partial charge in [0.15, 0.2) is 0 Å². The highest BCUT2D eigenvalue weighted by atomic mass is 32.2. The van der Waals surface area contributed by atoms with Crippen LogP contribution < -0.4 is 4.72 Å². The lowest BCUT2D eigenvalue weighted by Gasteiger charge is -2.35. The van der Waals surface area contributed by atoms with Crippen molar-refractivity contribution in [3.63, 3.8) is 0 Å². The van der Waals surface area contributed by atoms with Crippen molar-refractivity contribution in [2.24, 2.45) is 0 Å². The molecule has 1 aromatic rings. The van der Waals surface area contributed by atoms with Gasteiger partial charge in [-0.1, -0.05) is 31.9 Å². The minimum atomic E-state index is -3.79. The molecule has 0 unspecified atom stereocenters. The van der Waals surface area contributed by atoms with Crippen LogP contribution in [0.1, 0.15) is 39.0 Å². The van der Waals surface area contributed by atoms with Gasteiger partial charge in [0, 0.05) is 12.6 Å². The molecule has 1 saturated heterocycles. The Hall–Kier alpha value is -0.980. The summed E-state index contributed by atoms with van der Waals surface area (Å²) in [4.78, 5) is 2.09. The predicted octanol–water partition coefficient (Wildman–Crippen LogP) is 2.76. The standard InChI is InChI=1S/C16H25FN2O2S/c1-2-3-11-19-12-7-6-8-14(19)13-18-22(20,21)16-10-5-4-9-15(16)17/h4-5,9-10,14,18H,2-3,6-8,11-13H2,1H3/t14-/m0/s1. The number of rotatable bonds is 7. The molecule has 1 aliphatic heterocycles. The molecule has 0 spiro atoms. The average Bonchev–Trinajstić information content (AvgIpc) is 2.52. The Morgan fingerprint density at radius 1 is 1.32 bits per heavy atom. The van der Waals surface area contributed by atoms with Crippen molar-refractivity contribution < 1.29 is 12.8 Å². The fraction of sp³-hybridized carbons (Fsp3) is 0.625. The van der Waals surface area contributed by atoms with Gasteiger partial charge in [0.1, 0.15) is 10.7 Å². The molecule has 4 nitrogen and oxygen atoms in total. The van der Waals surface area contributed by atoms with Crippen molar-refractivity contribution in [3.8, 4) is 0 Å². The fourth-order valence-electron chi connectivity index (χ4n) is 2.89. The Bertz CT molecular complexity index is 577. The van der Waals surface area contributed by atoms with E-state index in [-0.39, 0.29) is 10.9 Å². The summed E-state index contributed by atoms with van der Waals surface area (Å²) in [6.07, 6.45) is 5.53. The summed E-state index contributed by atoms with van der Waals surface area (Å²) in [6, 6.07) is 5.70. The molecule has 0 radical (unpaired) electrons. The van der Waals surface area contributed by atoms with Gasteiger partial charge in [-0.05, 0) is 44.5 Å². The summed E-state index contributed by atoms with van der Waals surface area (Å²) in [5.41, 5.74) is 0. The second kappa shape index (κ2) is 8.04. The van der Waals surface area contributed by atoms with E-state index in [4.69, 9.17) is 0 Å². The van der Waals surface area contributed by atoms with Gasteiger partial charge in [0.2, 0.25) is 10.0 Å². The minimum Gasteiger partial charge on any atom is -0.299 e. The number of benzene rings is 1. The number of hydrogen-bond donors (Lipinski definition) is 1. The van der Waals surface area contributed by atoms with Crippen molar-refractivity contribution in [3.05, 3.63) is 30.1 Å². The largest absolute Gasteiger partial charge is 0.299 e. The van der Waals surface area contributed by atoms with Crippen LogP contribution in [0.25, 0.3) is 0 Å². The quantitative estimate of drug-likeness (QED) is 0.837. The Balaban J connectivity index is 1.99. The van der Waals surface area contributed by atoms with Crippen molar-refractivity contribution in [1.29, 1.82) is 0 Å². The number of hydrogen-bond acceptors (Lipinski definition) is 3. The zero-order valence-corrected chi connectivity index (χ0v) is 13.9. The van der Waals surface area contributed by atoms with Crippen LogP contribution in [0, 0.1) is 5.82 Å². The molecular weight excluding hydrogens is 303 g/mol. The molecule has 1 aromatic carbocycles. The summed E-state index contributed by atoms with van der Waals surface area (Å²) in [6.45, 7) is 4.52. The molecule has 0 bridgehead atoms. The van der Waals surface area contributed by atoms with E-state index >= 15 is 0 Å². The zero-order chi connectivity index (χ0) is 16.0. The molecule has 0 saturated carbocycles. The summed E-state index contributed by atoms with van der Waals surface area (Å²) in [5.74, 6) is -0.707. The van der Waals surface area contributed by atoms with E-state index in [0.717, 1.165) is 38.8 Å². The highest BCUT2D eigenvalue weighted by Crippen LogP contribution is 2.18. The third-order valence-corrected chi connectivity index (χ3v) is 5.64. The highest BCUT2D eigenvalue weighted by Gasteiger charge is 2.25. The summed E-state index contributed by atoms with van der Waals surface area (Å²) >= 11 is 0. The lowest BCUT2D eigenvalue weighted by Crippen LogP contribution is -2.47. The Morgan fingerprint density at radius 3 is 2.82 bits per heavy atom. The maximum atomic E-state index is 13.7. The van der Waals surface area contributed by atoms with Gasteiger partial charge in [-0.3, -0.25) is 4.90 Å². The molecule has 124 valence electrons. The molecule has 1 fully saturated rings. The zero-order valence-electron chi connectivity index (χ0n) is 13.1. The molecule has 0 aromatic heterocycles. The van der Waals surface area contributed by atoms with E-state index in [2.05, 4.69) is 16.5 Å². The Kier molecular flexibility index (Phi) is 6.35. The van der Waals surface area contributed by atoms with Crippen LogP contribution in [0.5, 0.6) is 0 Å². The molecule has 1 N–H and O–H groups in total. The normalized spacial score (nSPS) is 20.2. The topological polar surface area (TPSA) is 49.4 Å². The van der Waals surface area contributed by atoms with Crippen LogP contribution in [0.2, 0.25) is 0 Å². The first-order valence-corrected chi connectivity index (χ1v) is 9.51. The Labute approximate surface area is 132 Å². The van der Waals surface area contributed by atoms with Crippen LogP contribution in [0.15, 0.2) is 29.2 Å². The van der Waals surface area contributed by atoms with E-state index in [9.17, 15) is 12.8 Å². The number of likely N-dealkylation sites (tertiary alicyclic amines) is 1. The fourth-order valence-corrected chi connectivity index (χ4v) is 4.04. The van der Waals surface area contributed by atoms with Gasteiger partial charge in [0.25, 0.3) is 0 Å². The minimum absolute atomic E-state index is 0.210. The average molecular weight is 328 g/mol. The first-order chi connectivity index (χ1) is 10.5. The third-order valence-electron chi connectivity index (χ3n) is 4.18. The van der Waals surface area contributed by atoms with Crippen LogP contribution in [-0.4, -0.2) is 39.0 Å². The van der Waals surface area contributed by atoms with Crippen LogP contribution in [-0.2, 0) is 10.0 Å². The number of nitrogens with one attached hydrogen (secondary N) is 1. The van der Waals surface area contributed by atoms with Gasteiger partial charge < -0.3 is 0 Å². The summed E-state index contributed by atoms with van der Waals surface area (Å²) in [5, 5.41) is 0.